The zero-order chi connectivity index (χ0) is 11.3. The lowest BCUT2D eigenvalue weighted by Gasteiger charge is -1.87. The highest BCUT2D eigenvalue weighted by Crippen LogP contribution is 2.18. The topological polar surface area (TPSA) is 109 Å². The second kappa shape index (κ2) is 4.82. The summed E-state index contributed by atoms with van der Waals surface area (Å²) in [4.78, 5) is 3.08. The molecule has 0 spiro atoms. The summed E-state index contributed by atoms with van der Waals surface area (Å²) in [7, 11) is -3.65. The number of nitrogens with two attached hydrogens (primary N) is 1. The van der Waals surface area contributed by atoms with E-state index in [-0.39, 0.29) is 10.8 Å². The summed E-state index contributed by atoms with van der Waals surface area (Å²) in [6, 6.07) is 2.94. The van der Waals surface area contributed by atoms with Gasteiger partial charge in [-0.05, 0) is 17.7 Å². The highest BCUT2D eigenvalue weighted by atomic mass is 32.2. The van der Waals surface area contributed by atoms with Crippen molar-refractivity contribution in [1.82, 2.24) is 0 Å². The molecule has 0 aliphatic rings. The monoisotopic (exact) mass is 242 g/mol. The molecule has 15 heavy (non-hydrogen) atoms. The molecule has 0 bridgehead atoms. The third-order valence-corrected chi connectivity index (χ3v) is 3.73. The van der Waals surface area contributed by atoms with Crippen LogP contribution in [-0.4, -0.2) is 15.0 Å². The lowest BCUT2D eigenvalue weighted by molar-refractivity contribution is 0.600. The molecule has 0 aliphatic heterocycles. The molecule has 6 nitrogen and oxygen atoms in total. The first kappa shape index (κ1) is 11.6. The van der Waals surface area contributed by atoms with E-state index in [0.717, 1.165) is 11.3 Å². The van der Waals surface area contributed by atoms with Crippen LogP contribution in [0.4, 0.5) is 0 Å². The average molecular weight is 242 g/mol. The molecule has 1 rings (SSSR count). The Balaban J connectivity index is 2.85. The van der Waals surface area contributed by atoms with Crippen LogP contribution in [0.15, 0.2) is 21.5 Å². The Morgan fingerprint density at radius 2 is 2.33 bits per heavy atom. The van der Waals surface area contributed by atoms with Gasteiger partial charge in [-0.25, -0.2) is 13.6 Å². The fourth-order valence-electron chi connectivity index (χ4n) is 0.734. The second-order valence-electron chi connectivity index (χ2n) is 2.35. The maximum atomic E-state index is 10.9. The first-order chi connectivity index (χ1) is 7.04. The predicted molar refractivity (Wildman–Crippen MR) is 56.6 cm³/mol. The van der Waals surface area contributed by atoms with E-state index < -0.39 is 10.0 Å². The van der Waals surface area contributed by atoms with Crippen LogP contribution >= 0.6 is 11.3 Å². The standard InChI is InChI=1S/C7H6N4O2S2/c8-11-10-5-1-2-6-3-4-7(14-6)15(9,12)13/h3-4H,5H2,(H2,9,12,13). The van der Waals surface area contributed by atoms with Crippen molar-refractivity contribution in [2.75, 3.05) is 6.54 Å². The minimum atomic E-state index is -3.65. The minimum absolute atomic E-state index is 0.0547. The van der Waals surface area contributed by atoms with Crippen LogP contribution in [-0.2, 0) is 10.0 Å². The Morgan fingerprint density at radius 3 is 2.87 bits per heavy atom. The van der Waals surface area contributed by atoms with Gasteiger partial charge in [0.15, 0.2) is 0 Å². The molecule has 78 valence electrons. The van der Waals surface area contributed by atoms with Gasteiger partial charge in [-0.2, -0.15) is 0 Å². The minimum Gasteiger partial charge on any atom is -0.224 e. The number of hydrogen-bond donors (Lipinski definition) is 1. The highest BCUT2D eigenvalue weighted by molar-refractivity contribution is 7.91. The highest BCUT2D eigenvalue weighted by Gasteiger charge is 2.09. The SMILES string of the molecule is [N-]=[N+]=NCC#Cc1ccc(S(N)(=O)=O)s1. The Kier molecular flexibility index (Phi) is 3.71. The van der Waals surface area contributed by atoms with Crippen LogP contribution in [0.1, 0.15) is 4.88 Å². The molecule has 0 aromatic carbocycles. The average Bonchev–Trinajstić information content (AvgIpc) is 2.60. The molecule has 0 atom stereocenters. The van der Waals surface area contributed by atoms with E-state index in [1.807, 2.05) is 0 Å². The molecule has 0 saturated heterocycles. The molecular formula is C7H6N4O2S2. The van der Waals surface area contributed by atoms with Gasteiger partial charge in [-0.3, -0.25) is 0 Å². The summed E-state index contributed by atoms with van der Waals surface area (Å²) in [5.41, 5.74) is 7.97. The summed E-state index contributed by atoms with van der Waals surface area (Å²) in [6.07, 6.45) is 0. The summed E-state index contributed by atoms with van der Waals surface area (Å²) >= 11 is 0.977. The molecule has 0 radical (unpaired) electrons. The summed E-state index contributed by atoms with van der Waals surface area (Å²) in [5.74, 6) is 5.23. The zero-order valence-corrected chi connectivity index (χ0v) is 9.05. The van der Waals surface area contributed by atoms with Crippen molar-refractivity contribution in [3.05, 3.63) is 27.5 Å². The molecular weight excluding hydrogens is 236 g/mol. The van der Waals surface area contributed by atoms with Crippen molar-refractivity contribution in [2.45, 2.75) is 4.21 Å². The van der Waals surface area contributed by atoms with E-state index >= 15 is 0 Å². The number of primary sulfonamides is 1. The number of azide groups is 1. The summed E-state index contributed by atoms with van der Waals surface area (Å²) in [5, 5.41) is 8.13. The first-order valence-corrected chi connectivity index (χ1v) is 6.02. The van der Waals surface area contributed by atoms with Gasteiger partial charge in [0.1, 0.15) is 4.21 Å². The van der Waals surface area contributed by atoms with Crippen molar-refractivity contribution < 1.29 is 8.42 Å². The van der Waals surface area contributed by atoms with Crippen molar-refractivity contribution in [3.63, 3.8) is 0 Å². The van der Waals surface area contributed by atoms with E-state index in [1.54, 1.807) is 6.07 Å². The van der Waals surface area contributed by atoms with Crippen LogP contribution in [0.25, 0.3) is 10.4 Å². The lowest BCUT2D eigenvalue weighted by atomic mass is 10.4. The van der Waals surface area contributed by atoms with Crippen molar-refractivity contribution in [1.29, 1.82) is 0 Å². The lowest BCUT2D eigenvalue weighted by Crippen LogP contribution is -2.09. The van der Waals surface area contributed by atoms with Crippen molar-refractivity contribution in [2.24, 2.45) is 10.3 Å². The second-order valence-corrected chi connectivity index (χ2v) is 5.23. The smallest absolute Gasteiger partial charge is 0.224 e. The normalized spacial score (nSPS) is 9.93. The van der Waals surface area contributed by atoms with Crippen LogP contribution in [0.2, 0.25) is 0 Å². The Hall–Kier alpha value is -1.52. The number of hydrogen-bond acceptors (Lipinski definition) is 4. The molecule has 8 heteroatoms. The molecule has 1 aromatic heterocycles. The quantitative estimate of drug-likeness (QED) is 0.362. The number of nitrogens with zero attached hydrogens (tertiary/aromatic N) is 3. The molecule has 2 N–H and O–H groups in total. The summed E-state index contributed by atoms with van der Waals surface area (Å²) in [6.45, 7) is 0.0547. The fourth-order valence-corrected chi connectivity index (χ4v) is 2.34. The third-order valence-electron chi connectivity index (χ3n) is 1.29. The van der Waals surface area contributed by atoms with Gasteiger partial charge < -0.3 is 0 Å². The predicted octanol–water partition coefficient (Wildman–Crippen LogP) is 1.06. The van der Waals surface area contributed by atoms with E-state index in [4.69, 9.17) is 10.7 Å². The van der Waals surface area contributed by atoms with Crippen LogP contribution in [0.3, 0.4) is 0 Å². The third kappa shape index (κ3) is 3.61. The van der Waals surface area contributed by atoms with Crippen molar-refractivity contribution in [3.8, 4) is 11.8 Å². The van der Waals surface area contributed by atoms with Crippen LogP contribution < -0.4 is 5.14 Å². The van der Waals surface area contributed by atoms with Gasteiger partial charge in [-0.1, -0.05) is 17.0 Å². The first-order valence-electron chi connectivity index (χ1n) is 3.66. The largest absolute Gasteiger partial charge is 0.247 e. The molecule has 0 fully saturated rings. The molecule has 0 aliphatic carbocycles. The van der Waals surface area contributed by atoms with E-state index in [2.05, 4.69) is 21.9 Å². The zero-order valence-electron chi connectivity index (χ0n) is 7.41. The van der Waals surface area contributed by atoms with Gasteiger partial charge in [-0.15, -0.1) is 11.3 Å². The van der Waals surface area contributed by atoms with E-state index in [9.17, 15) is 8.42 Å². The summed E-state index contributed by atoms with van der Waals surface area (Å²) < 4.78 is 21.9. The maximum absolute atomic E-state index is 10.9. The van der Waals surface area contributed by atoms with E-state index in [1.165, 1.54) is 6.07 Å². The molecule has 1 aromatic rings. The van der Waals surface area contributed by atoms with Crippen molar-refractivity contribution >= 4 is 21.4 Å². The maximum Gasteiger partial charge on any atom is 0.247 e. The van der Waals surface area contributed by atoms with Gasteiger partial charge in [0.25, 0.3) is 0 Å². The molecule has 0 unspecified atom stereocenters. The van der Waals surface area contributed by atoms with Gasteiger partial charge in [0.05, 0.1) is 11.4 Å². The Labute approximate surface area is 90.4 Å². The van der Waals surface area contributed by atoms with Crippen LogP contribution in [0, 0.1) is 11.8 Å². The number of thiophene rings is 1. The molecule has 0 saturated carbocycles. The number of sulfonamides is 1. The Morgan fingerprint density at radius 1 is 1.60 bits per heavy atom. The number of rotatable bonds is 2. The van der Waals surface area contributed by atoms with Gasteiger partial charge in [0, 0.05) is 4.91 Å². The fraction of sp³-hybridized carbons (Fsp3) is 0.143. The molecule has 0 amide bonds. The van der Waals surface area contributed by atoms with Gasteiger partial charge >= 0.3 is 0 Å². The van der Waals surface area contributed by atoms with Crippen LogP contribution in [0.5, 0.6) is 0 Å². The Bertz CT molecular complexity index is 557. The van der Waals surface area contributed by atoms with E-state index in [0.29, 0.717) is 4.88 Å². The molecule has 1 heterocycles. The van der Waals surface area contributed by atoms with Gasteiger partial charge in [0.2, 0.25) is 10.0 Å².